The van der Waals surface area contributed by atoms with E-state index in [9.17, 15) is 9.59 Å². The summed E-state index contributed by atoms with van der Waals surface area (Å²) >= 11 is 0. The summed E-state index contributed by atoms with van der Waals surface area (Å²) in [5.74, 6) is -1.15. The molecule has 1 aliphatic heterocycles. The second kappa shape index (κ2) is 5.26. The predicted molar refractivity (Wildman–Crippen MR) is 73.5 cm³/mol. The largest absolute Gasteiger partial charge is 0.481 e. The Bertz CT molecular complexity index is 508. The van der Waals surface area contributed by atoms with Gasteiger partial charge in [-0.1, -0.05) is 0 Å². The Kier molecular flexibility index (Phi) is 3.83. The van der Waals surface area contributed by atoms with E-state index in [1.165, 1.54) is 0 Å². The number of nitrogens with zero attached hydrogens (tertiary/aromatic N) is 3. The van der Waals surface area contributed by atoms with Gasteiger partial charge in [0.2, 0.25) is 0 Å². The minimum Gasteiger partial charge on any atom is -0.481 e. The second-order valence-electron chi connectivity index (χ2n) is 6.25. The van der Waals surface area contributed by atoms with E-state index < -0.39 is 5.97 Å². The van der Waals surface area contributed by atoms with E-state index in [1.807, 2.05) is 20.8 Å². The summed E-state index contributed by atoms with van der Waals surface area (Å²) < 4.78 is 1.77. The third-order valence-corrected chi connectivity index (χ3v) is 3.65. The molecule has 0 unspecified atom stereocenters. The van der Waals surface area contributed by atoms with Crippen LogP contribution >= 0.6 is 0 Å². The standard InChI is InChI=1S/C14H21N3O3/c1-14(2,3)17-9-11(8-15-17)12(18)16-6-4-10(5-7-16)13(19)20/h8-10H,4-7H2,1-3H3,(H,19,20). The quantitative estimate of drug-likeness (QED) is 0.891. The van der Waals surface area contributed by atoms with Crippen molar-refractivity contribution in [1.82, 2.24) is 14.7 Å². The van der Waals surface area contributed by atoms with Gasteiger partial charge in [0.15, 0.2) is 0 Å². The summed E-state index contributed by atoms with van der Waals surface area (Å²) in [6, 6.07) is 0. The molecular formula is C14H21N3O3. The summed E-state index contributed by atoms with van der Waals surface area (Å²) in [5, 5.41) is 13.2. The van der Waals surface area contributed by atoms with Crippen LogP contribution in [0, 0.1) is 5.92 Å². The van der Waals surface area contributed by atoms with Crippen LogP contribution in [0.2, 0.25) is 0 Å². The van der Waals surface area contributed by atoms with Gasteiger partial charge >= 0.3 is 5.97 Å². The van der Waals surface area contributed by atoms with Crippen LogP contribution in [0.4, 0.5) is 0 Å². The Hall–Kier alpha value is -1.85. The fourth-order valence-electron chi connectivity index (χ4n) is 2.31. The summed E-state index contributed by atoms with van der Waals surface area (Å²) in [5.41, 5.74) is 0.406. The van der Waals surface area contributed by atoms with Crippen molar-refractivity contribution in [2.24, 2.45) is 5.92 Å². The van der Waals surface area contributed by atoms with Crippen molar-refractivity contribution >= 4 is 11.9 Å². The lowest BCUT2D eigenvalue weighted by Gasteiger charge is -2.29. The number of aliphatic carboxylic acids is 1. The van der Waals surface area contributed by atoms with E-state index in [1.54, 1.807) is 22.0 Å². The van der Waals surface area contributed by atoms with Crippen molar-refractivity contribution in [2.45, 2.75) is 39.2 Å². The van der Waals surface area contributed by atoms with Crippen LogP contribution in [0.3, 0.4) is 0 Å². The monoisotopic (exact) mass is 279 g/mol. The van der Waals surface area contributed by atoms with Gasteiger partial charge in [0.1, 0.15) is 0 Å². The number of amides is 1. The average Bonchev–Trinajstić information content (AvgIpc) is 2.87. The van der Waals surface area contributed by atoms with Crippen LogP contribution in [-0.2, 0) is 10.3 Å². The lowest BCUT2D eigenvalue weighted by atomic mass is 9.97. The van der Waals surface area contributed by atoms with Crippen molar-refractivity contribution in [3.8, 4) is 0 Å². The van der Waals surface area contributed by atoms with Gasteiger partial charge in [-0.05, 0) is 33.6 Å². The highest BCUT2D eigenvalue weighted by molar-refractivity contribution is 5.93. The van der Waals surface area contributed by atoms with Crippen LogP contribution in [0.1, 0.15) is 44.0 Å². The van der Waals surface area contributed by atoms with Gasteiger partial charge in [0, 0.05) is 19.3 Å². The number of piperidine rings is 1. The lowest BCUT2D eigenvalue weighted by molar-refractivity contribution is -0.143. The molecule has 6 nitrogen and oxygen atoms in total. The average molecular weight is 279 g/mol. The van der Waals surface area contributed by atoms with Crippen molar-refractivity contribution in [2.75, 3.05) is 13.1 Å². The Morgan fingerprint density at radius 2 is 1.90 bits per heavy atom. The van der Waals surface area contributed by atoms with Gasteiger partial charge in [-0.15, -0.1) is 0 Å². The molecule has 2 rings (SSSR count). The molecule has 0 atom stereocenters. The van der Waals surface area contributed by atoms with Crippen molar-refractivity contribution in [1.29, 1.82) is 0 Å². The van der Waals surface area contributed by atoms with Crippen molar-refractivity contribution in [3.63, 3.8) is 0 Å². The first-order chi connectivity index (χ1) is 9.29. The predicted octanol–water partition coefficient (Wildman–Crippen LogP) is 1.57. The van der Waals surface area contributed by atoms with E-state index in [0.29, 0.717) is 31.5 Å². The van der Waals surface area contributed by atoms with Gasteiger partial charge in [0.25, 0.3) is 5.91 Å². The van der Waals surface area contributed by atoms with Crippen LogP contribution in [-0.4, -0.2) is 44.8 Å². The van der Waals surface area contributed by atoms with Gasteiger partial charge in [-0.3, -0.25) is 14.3 Å². The summed E-state index contributed by atoms with van der Waals surface area (Å²) in [7, 11) is 0. The maximum atomic E-state index is 12.3. The summed E-state index contributed by atoms with van der Waals surface area (Å²) in [6.45, 7) is 7.05. The van der Waals surface area contributed by atoms with Crippen LogP contribution in [0.5, 0.6) is 0 Å². The molecule has 0 aliphatic carbocycles. The molecule has 1 aromatic rings. The number of carbonyl (C=O) groups is 2. The maximum Gasteiger partial charge on any atom is 0.306 e. The summed E-state index contributed by atoms with van der Waals surface area (Å²) in [6.07, 6.45) is 4.38. The van der Waals surface area contributed by atoms with Gasteiger partial charge in [-0.2, -0.15) is 5.10 Å². The van der Waals surface area contributed by atoms with Gasteiger partial charge in [0.05, 0.1) is 23.2 Å². The minimum atomic E-state index is -0.766. The minimum absolute atomic E-state index is 0.0654. The highest BCUT2D eigenvalue weighted by Crippen LogP contribution is 2.20. The van der Waals surface area contributed by atoms with Crippen LogP contribution in [0.15, 0.2) is 12.4 Å². The van der Waals surface area contributed by atoms with Crippen LogP contribution in [0.25, 0.3) is 0 Å². The molecule has 20 heavy (non-hydrogen) atoms. The van der Waals surface area contributed by atoms with E-state index in [-0.39, 0.29) is 17.4 Å². The molecule has 110 valence electrons. The lowest BCUT2D eigenvalue weighted by Crippen LogP contribution is -2.40. The zero-order valence-electron chi connectivity index (χ0n) is 12.2. The van der Waals surface area contributed by atoms with E-state index in [4.69, 9.17) is 5.11 Å². The van der Waals surface area contributed by atoms with Crippen molar-refractivity contribution in [3.05, 3.63) is 18.0 Å². The first-order valence-electron chi connectivity index (χ1n) is 6.86. The molecule has 1 fully saturated rings. The second-order valence-corrected chi connectivity index (χ2v) is 6.25. The van der Waals surface area contributed by atoms with E-state index in [2.05, 4.69) is 5.10 Å². The molecule has 6 heteroatoms. The number of carboxylic acids is 1. The Morgan fingerprint density at radius 3 is 2.35 bits per heavy atom. The first-order valence-corrected chi connectivity index (χ1v) is 6.86. The highest BCUT2D eigenvalue weighted by Gasteiger charge is 2.28. The molecule has 1 amide bonds. The Labute approximate surface area is 118 Å². The molecule has 1 saturated heterocycles. The normalized spacial score (nSPS) is 17.2. The molecule has 0 aromatic carbocycles. The third-order valence-electron chi connectivity index (χ3n) is 3.65. The molecule has 0 saturated carbocycles. The van der Waals surface area contributed by atoms with Gasteiger partial charge in [-0.25, -0.2) is 0 Å². The third kappa shape index (κ3) is 3.00. The van der Waals surface area contributed by atoms with Gasteiger partial charge < -0.3 is 10.0 Å². The molecule has 1 aromatic heterocycles. The summed E-state index contributed by atoms with van der Waals surface area (Å²) in [4.78, 5) is 25.0. The number of hydrogen-bond acceptors (Lipinski definition) is 3. The Morgan fingerprint density at radius 1 is 1.30 bits per heavy atom. The number of carboxylic acid groups (broad SMARTS) is 1. The SMILES string of the molecule is CC(C)(C)n1cc(C(=O)N2CCC(C(=O)O)CC2)cn1. The number of carbonyl (C=O) groups excluding carboxylic acids is 1. The number of aromatic nitrogens is 2. The molecule has 0 bridgehead atoms. The zero-order chi connectivity index (χ0) is 14.9. The molecule has 2 heterocycles. The maximum absolute atomic E-state index is 12.3. The molecule has 1 N–H and O–H groups in total. The topological polar surface area (TPSA) is 75.4 Å². The number of rotatable bonds is 2. The highest BCUT2D eigenvalue weighted by atomic mass is 16.4. The fourth-order valence-corrected chi connectivity index (χ4v) is 2.31. The molecular weight excluding hydrogens is 258 g/mol. The van der Waals surface area contributed by atoms with Crippen molar-refractivity contribution < 1.29 is 14.7 Å². The smallest absolute Gasteiger partial charge is 0.306 e. The Balaban J connectivity index is 2.02. The first kappa shape index (κ1) is 14.6. The van der Waals surface area contributed by atoms with E-state index in [0.717, 1.165) is 0 Å². The molecule has 1 aliphatic rings. The molecule has 0 spiro atoms. The van der Waals surface area contributed by atoms with Crippen LogP contribution < -0.4 is 0 Å². The fraction of sp³-hybridized carbons (Fsp3) is 0.643. The number of likely N-dealkylation sites (tertiary alicyclic amines) is 1. The molecule has 0 radical (unpaired) electrons. The zero-order valence-corrected chi connectivity index (χ0v) is 12.2. The van der Waals surface area contributed by atoms with E-state index >= 15 is 0 Å². The number of hydrogen-bond donors (Lipinski definition) is 1.